The van der Waals surface area contributed by atoms with Gasteiger partial charge in [0.05, 0.1) is 20.3 Å². The molecule has 0 spiro atoms. The maximum Gasteiger partial charge on any atom is 0.420 e. The van der Waals surface area contributed by atoms with Crippen molar-refractivity contribution in [2.24, 2.45) is 10.2 Å². The van der Waals surface area contributed by atoms with Crippen molar-refractivity contribution in [1.82, 2.24) is 19.9 Å². The van der Waals surface area contributed by atoms with E-state index in [4.69, 9.17) is 14.2 Å². The maximum atomic E-state index is 13.0. The molecule has 0 aliphatic rings. The molecule has 0 aliphatic carbocycles. The van der Waals surface area contributed by atoms with Crippen molar-refractivity contribution >= 4 is 5.82 Å². The molecule has 0 radical (unpaired) electrons. The zero-order valence-electron chi connectivity index (χ0n) is 15.8. The molecule has 0 atom stereocenters. The van der Waals surface area contributed by atoms with E-state index in [1.54, 1.807) is 12.1 Å². The topological polar surface area (TPSA) is 104 Å². The Morgan fingerprint density at radius 2 is 1.63 bits per heavy atom. The summed E-state index contributed by atoms with van der Waals surface area (Å²) in [7, 11) is 2.85. The van der Waals surface area contributed by atoms with Crippen molar-refractivity contribution in [3.63, 3.8) is 0 Å². The largest absolute Gasteiger partial charge is 0.481 e. The van der Waals surface area contributed by atoms with E-state index < -0.39 is 17.6 Å². The third-order valence-corrected chi connectivity index (χ3v) is 3.60. The van der Waals surface area contributed by atoms with Crippen LogP contribution < -0.4 is 14.2 Å². The summed E-state index contributed by atoms with van der Waals surface area (Å²) >= 11 is 0. The fourth-order valence-corrected chi connectivity index (χ4v) is 2.24. The smallest absolute Gasteiger partial charge is 0.420 e. The first kappa shape index (κ1) is 20.9. The van der Waals surface area contributed by atoms with Gasteiger partial charge in [-0.25, -0.2) is 4.98 Å². The second-order valence-electron chi connectivity index (χ2n) is 5.56. The zero-order valence-corrected chi connectivity index (χ0v) is 15.8. The highest BCUT2D eigenvalue weighted by molar-refractivity contribution is 5.39. The van der Waals surface area contributed by atoms with Gasteiger partial charge in [-0.1, -0.05) is 0 Å². The Balaban J connectivity index is 1.81. The van der Waals surface area contributed by atoms with Crippen LogP contribution in [0.15, 0.2) is 53.0 Å². The fraction of sp³-hybridized carbons (Fsp3) is 0.222. The first-order valence-corrected chi connectivity index (χ1v) is 8.39. The number of azo groups is 1. The van der Waals surface area contributed by atoms with E-state index in [1.807, 2.05) is 0 Å². The number of methoxy groups -OCH3 is 2. The highest BCUT2D eigenvalue weighted by Crippen LogP contribution is 2.35. The second-order valence-corrected chi connectivity index (χ2v) is 5.56. The first-order chi connectivity index (χ1) is 14.4. The fourth-order valence-electron chi connectivity index (χ4n) is 2.24. The second kappa shape index (κ2) is 9.11. The Labute approximate surface area is 168 Å². The van der Waals surface area contributed by atoms with E-state index in [2.05, 4.69) is 30.2 Å². The summed E-state index contributed by atoms with van der Waals surface area (Å²) in [6.07, 6.45) is -1.91. The molecule has 0 aliphatic heterocycles. The predicted molar refractivity (Wildman–Crippen MR) is 96.9 cm³/mol. The summed E-state index contributed by atoms with van der Waals surface area (Å²) < 4.78 is 54.8. The summed E-state index contributed by atoms with van der Waals surface area (Å²) in [6, 6.07) is 6.64. The lowest BCUT2D eigenvalue weighted by Crippen LogP contribution is -2.05. The molecule has 0 amide bonds. The molecule has 0 aromatic carbocycles. The number of hydrogen-bond acceptors (Lipinski definition) is 9. The van der Waals surface area contributed by atoms with Gasteiger partial charge in [0.15, 0.2) is 11.6 Å². The number of alkyl halides is 3. The molecule has 0 saturated carbocycles. The number of hydrogen-bond donors (Lipinski definition) is 0. The molecule has 12 heteroatoms. The molecule has 3 aromatic heterocycles. The Hall–Kier alpha value is -3.83. The Bertz CT molecular complexity index is 1020. The Morgan fingerprint density at radius 1 is 0.967 bits per heavy atom. The van der Waals surface area contributed by atoms with Gasteiger partial charge in [-0.05, 0) is 24.3 Å². The lowest BCUT2D eigenvalue weighted by molar-refractivity contribution is -0.137. The molecular formula is C18H15F3N6O3. The van der Waals surface area contributed by atoms with Crippen LogP contribution in [-0.4, -0.2) is 34.2 Å². The quantitative estimate of drug-likeness (QED) is 0.523. The number of aromatic nitrogens is 4. The van der Waals surface area contributed by atoms with Gasteiger partial charge < -0.3 is 14.2 Å². The monoisotopic (exact) mass is 420 g/mol. The molecule has 0 N–H and O–H groups in total. The summed E-state index contributed by atoms with van der Waals surface area (Å²) in [5, 5.41) is 7.38. The maximum absolute atomic E-state index is 13.0. The lowest BCUT2D eigenvalue weighted by atomic mass is 10.2. The van der Waals surface area contributed by atoms with E-state index in [0.29, 0.717) is 5.69 Å². The van der Waals surface area contributed by atoms with Gasteiger partial charge in [0, 0.05) is 12.4 Å². The minimum atomic E-state index is -4.59. The summed E-state index contributed by atoms with van der Waals surface area (Å²) in [4.78, 5) is 15.8. The Morgan fingerprint density at radius 3 is 2.30 bits per heavy atom. The van der Waals surface area contributed by atoms with Gasteiger partial charge in [-0.15, -0.1) is 5.11 Å². The number of pyridine rings is 2. The van der Waals surface area contributed by atoms with Gasteiger partial charge in [0.2, 0.25) is 11.8 Å². The standard InChI is InChI=1S/C18H15F3N6O3/c1-28-14-9-15(29-2)26-17(25-14)30-13-6-4-7-22-12(13)10-24-27-16-11(18(19,20)21)5-3-8-23-16/h3-9H,10H2,1-2H3. The summed E-state index contributed by atoms with van der Waals surface area (Å²) in [5.41, 5.74) is -0.681. The van der Waals surface area contributed by atoms with Crippen LogP contribution >= 0.6 is 0 Å². The minimum Gasteiger partial charge on any atom is -0.481 e. The van der Waals surface area contributed by atoms with Crippen LogP contribution in [0.4, 0.5) is 19.0 Å². The van der Waals surface area contributed by atoms with Gasteiger partial charge >= 0.3 is 12.2 Å². The van der Waals surface area contributed by atoms with Crippen LogP contribution in [0.5, 0.6) is 23.5 Å². The van der Waals surface area contributed by atoms with Gasteiger partial charge in [-0.2, -0.15) is 28.3 Å². The molecule has 9 nitrogen and oxygen atoms in total. The van der Waals surface area contributed by atoms with Gasteiger partial charge in [-0.3, -0.25) is 4.98 Å². The zero-order chi connectivity index (χ0) is 21.6. The van der Waals surface area contributed by atoms with Crippen molar-refractivity contribution in [2.75, 3.05) is 14.2 Å². The molecule has 0 bridgehead atoms. The van der Waals surface area contributed by atoms with Crippen LogP contribution in [-0.2, 0) is 12.7 Å². The van der Waals surface area contributed by atoms with Crippen molar-refractivity contribution in [1.29, 1.82) is 0 Å². The average molecular weight is 420 g/mol. The third-order valence-electron chi connectivity index (χ3n) is 3.60. The number of rotatable bonds is 7. The summed E-state index contributed by atoms with van der Waals surface area (Å²) in [6.45, 7) is -0.162. The number of ether oxygens (including phenoxy) is 3. The molecular weight excluding hydrogens is 405 g/mol. The van der Waals surface area contributed by atoms with Crippen LogP contribution in [0.1, 0.15) is 11.3 Å². The molecule has 0 fully saturated rings. The van der Waals surface area contributed by atoms with Crippen LogP contribution in [0.2, 0.25) is 0 Å². The lowest BCUT2D eigenvalue weighted by Gasteiger charge is -2.09. The molecule has 156 valence electrons. The van der Waals surface area contributed by atoms with Crippen LogP contribution in [0.25, 0.3) is 0 Å². The first-order valence-electron chi connectivity index (χ1n) is 8.39. The Kier molecular flexibility index (Phi) is 6.35. The van der Waals surface area contributed by atoms with E-state index in [0.717, 1.165) is 6.07 Å². The normalized spacial score (nSPS) is 11.5. The average Bonchev–Trinajstić information content (AvgIpc) is 2.74. The summed E-state index contributed by atoms with van der Waals surface area (Å²) in [5.74, 6) is 0.140. The van der Waals surface area contributed by atoms with Crippen LogP contribution in [0, 0.1) is 0 Å². The number of nitrogens with zero attached hydrogens (tertiary/aromatic N) is 6. The van der Waals surface area contributed by atoms with Crippen molar-refractivity contribution in [3.8, 4) is 23.5 Å². The molecule has 30 heavy (non-hydrogen) atoms. The molecule has 0 saturated heterocycles. The van der Waals surface area contributed by atoms with Gasteiger partial charge in [0.25, 0.3) is 0 Å². The number of halogens is 3. The minimum absolute atomic E-state index is 0.0681. The van der Waals surface area contributed by atoms with Gasteiger partial charge in [0.1, 0.15) is 17.8 Å². The molecule has 0 unspecified atom stereocenters. The van der Waals surface area contributed by atoms with Crippen molar-refractivity contribution in [3.05, 3.63) is 54.0 Å². The molecule has 3 heterocycles. The predicted octanol–water partition coefficient (Wildman–Crippen LogP) is 4.38. The van der Waals surface area contributed by atoms with E-state index >= 15 is 0 Å². The molecule has 3 aromatic rings. The van der Waals surface area contributed by atoms with E-state index in [-0.39, 0.29) is 30.1 Å². The van der Waals surface area contributed by atoms with E-state index in [9.17, 15) is 13.2 Å². The van der Waals surface area contributed by atoms with Crippen molar-refractivity contribution in [2.45, 2.75) is 12.7 Å². The third kappa shape index (κ3) is 5.16. The van der Waals surface area contributed by atoms with Crippen molar-refractivity contribution < 1.29 is 27.4 Å². The SMILES string of the molecule is COc1cc(OC)nc(Oc2cccnc2CN=Nc2ncccc2C(F)(F)F)n1. The van der Waals surface area contributed by atoms with Crippen LogP contribution in [0.3, 0.4) is 0 Å². The molecule has 3 rings (SSSR count). The highest BCUT2D eigenvalue weighted by Gasteiger charge is 2.34. The highest BCUT2D eigenvalue weighted by atomic mass is 19.4. The van der Waals surface area contributed by atoms with E-state index in [1.165, 1.54) is 38.7 Å².